The Morgan fingerprint density at radius 2 is 1.79 bits per heavy atom. The van der Waals surface area contributed by atoms with Crippen molar-refractivity contribution in [3.05, 3.63) is 78.1 Å². The van der Waals surface area contributed by atoms with Crippen LogP contribution in [0, 0.1) is 5.82 Å². The SMILES string of the molecule is CCc1nc2cc(CN3CCN(C)CC3)ccc2n1CC.Fc1cccc(-n2cccn2)c1. The third-order valence-electron chi connectivity index (χ3n) is 6.10. The summed E-state index contributed by atoms with van der Waals surface area (Å²) in [7, 11) is 2.20. The summed E-state index contributed by atoms with van der Waals surface area (Å²) in [6.45, 7) is 11.1. The highest BCUT2D eigenvalue weighted by Gasteiger charge is 2.15. The zero-order valence-corrected chi connectivity index (χ0v) is 19.8. The molecule has 1 fully saturated rings. The lowest BCUT2D eigenvalue weighted by Crippen LogP contribution is -2.43. The maximum absolute atomic E-state index is 12.7. The van der Waals surface area contributed by atoms with Crippen LogP contribution in [0.5, 0.6) is 0 Å². The van der Waals surface area contributed by atoms with E-state index in [1.807, 2.05) is 0 Å². The summed E-state index contributed by atoms with van der Waals surface area (Å²) in [6.07, 6.45) is 4.43. The molecule has 1 saturated heterocycles. The van der Waals surface area contributed by atoms with Crippen LogP contribution in [0.15, 0.2) is 60.9 Å². The van der Waals surface area contributed by atoms with E-state index in [4.69, 9.17) is 4.98 Å². The fourth-order valence-electron chi connectivity index (χ4n) is 4.25. The molecule has 2 aromatic heterocycles. The molecule has 0 saturated carbocycles. The minimum atomic E-state index is -0.247. The summed E-state index contributed by atoms with van der Waals surface area (Å²) in [4.78, 5) is 9.74. The molecule has 0 spiro atoms. The summed E-state index contributed by atoms with van der Waals surface area (Å²) >= 11 is 0. The van der Waals surface area contributed by atoms with Gasteiger partial charge in [-0.25, -0.2) is 14.1 Å². The molecule has 4 aromatic rings. The lowest BCUT2D eigenvalue weighted by atomic mass is 10.1. The number of aryl methyl sites for hydroxylation is 2. The Balaban J connectivity index is 0.000000183. The third kappa shape index (κ3) is 5.67. The van der Waals surface area contributed by atoms with Crippen molar-refractivity contribution in [3.63, 3.8) is 0 Å². The Labute approximate surface area is 195 Å². The van der Waals surface area contributed by atoms with Gasteiger partial charge in [0, 0.05) is 58.1 Å². The Hall–Kier alpha value is -3.03. The molecule has 0 atom stereocenters. The number of fused-ring (bicyclic) bond motifs is 1. The monoisotopic (exact) mass is 448 g/mol. The van der Waals surface area contributed by atoms with Gasteiger partial charge in [-0.2, -0.15) is 5.10 Å². The molecule has 3 heterocycles. The second kappa shape index (κ2) is 10.7. The van der Waals surface area contributed by atoms with Crippen LogP contribution in [0.1, 0.15) is 25.2 Å². The van der Waals surface area contributed by atoms with E-state index in [1.54, 1.807) is 35.3 Å². The minimum absolute atomic E-state index is 0.247. The summed E-state index contributed by atoms with van der Waals surface area (Å²) in [6, 6.07) is 14.9. The Kier molecular flexibility index (Phi) is 7.52. The maximum Gasteiger partial charge on any atom is 0.125 e. The Morgan fingerprint density at radius 3 is 2.45 bits per heavy atom. The summed E-state index contributed by atoms with van der Waals surface area (Å²) < 4.78 is 16.7. The highest BCUT2D eigenvalue weighted by atomic mass is 19.1. The van der Waals surface area contributed by atoms with Crippen molar-refractivity contribution in [2.24, 2.45) is 0 Å². The first kappa shape index (κ1) is 23.1. The van der Waals surface area contributed by atoms with Crippen LogP contribution < -0.4 is 0 Å². The van der Waals surface area contributed by atoms with Crippen LogP contribution in [0.25, 0.3) is 16.7 Å². The van der Waals surface area contributed by atoms with Crippen molar-refractivity contribution >= 4 is 11.0 Å². The highest BCUT2D eigenvalue weighted by Crippen LogP contribution is 2.20. The van der Waals surface area contributed by atoms with E-state index < -0.39 is 0 Å². The van der Waals surface area contributed by atoms with Gasteiger partial charge in [-0.3, -0.25) is 4.90 Å². The van der Waals surface area contributed by atoms with Gasteiger partial charge in [-0.05, 0) is 55.9 Å². The number of rotatable bonds is 5. The van der Waals surface area contributed by atoms with Gasteiger partial charge in [0.25, 0.3) is 0 Å². The van der Waals surface area contributed by atoms with Crippen LogP contribution in [-0.4, -0.2) is 62.4 Å². The minimum Gasteiger partial charge on any atom is -0.328 e. The van der Waals surface area contributed by atoms with Crippen molar-refractivity contribution in [2.75, 3.05) is 33.2 Å². The summed E-state index contributed by atoms with van der Waals surface area (Å²) in [5.74, 6) is 0.951. The van der Waals surface area contributed by atoms with Crippen LogP contribution in [0.2, 0.25) is 0 Å². The molecule has 0 N–H and O–H groups in total. The van der Waals surface area contributed by atoms with Crippen molar-refractivity contribution in [1.29, 1.82) is 0 Å². The molecule has 7 heteroatoms. The van der Waals surface area contributed by atoms with Gasteiger partial charge in [-0.1, -0.05) is 19.1 Å². The smallest absolute Gasteiger partial charge is 0.125 e. The van der Waals surface area contributed by atoms with Gasteiger partial charge in [-0.15, -0.1) is 0 Å². The average Bonchev–Trinajstić information content (AvgIpc) is 3.48. The topological polar surface area (TPSA) is 42.1 Å². The Bertz CT molecular complexity index is 1160. The summed E-state index contributed by atoms with van der Waals surface area (Å²) in [5.41, 5.74) is 4.55. The molecule has 0 unspecified atom stereocenters. The van der Waals surface area contributed by atoms with Gasteiger partial charge in [0.1, 0.15) is 11.6 Å². The molecule has 0 bridgehead atoms. The lowest BCUT2D eigenvalue weighted by molar-refractivity contribution is 0.148. The lowest BCUT2D eigenvalue weighted by Gasteiger charge is -2.32. The fraction of sp³-hybridized carbons (Fsp3) is 0.385. The number of hydrogen-bond donors (Lipinski definition) is 0. The van der Waals surface area contributed by atoms with E-state index in [9.17, 15) is 4.39 Å². The first-order valence-corrected chi connectivity index (χ1v) is 11.7. The average molecular weight is 449 g/mol. The Morgan fingerprint density at radius 1 is 0.970 bits per heavy atom. The van der Waals surface area contributed by atoms with E-state index in [2.05, 4.69) is 58.6 Å². The van der Waals surface area contributed by atoms with Crippen molar-refractivity contribution < 1.29 is 4.39 Å². The number of aromatic nitrogens is 4. The second-order valence-electron chi connectivity index (χ2n) is 8.46. The molecule has 0 radical (unpaired) electrons. The van der Waals surface area contributed by atoms with E-state index in [0.29, 0.717) is 0 Å². The van der Waals surface area contributed by atoms with Gasteiger partial charge in [0.15, 0.2) is 0 Å². The van der Waals surface area contributed by atoms with E-state index >= 15 is 0 Å². The predicted molar refractivity (Wildman–Crippen MR) is 131 cm³/mol. The van der Waals surface area contributed by atoms with Crippen LogP contribution in [-0.2, 0) is 19.5 Å². The third-order valence-corrected chi connectivity index (χ3v) is 6.10. The molecular weight excluding hydrogens is 415 g/mol. The maximum atomic E-state index is 12.7. The zero-order valence-electron chi connectivity index (χ0n) is 19.8. The summed E-state index contributed by atoms with van der Waals surface area (Å²) in [5, 5.41) is 3.98. The molecule has 174 valence electrons. The molecular formula is C26H33FN6. The normalized spacial score (nSPS) is 14.9. The number of benzene rings is 2. The number of imidazole rings is 1. The van der Waals surface area contributed by atoms with E-state index in [0.717, 1.165) is 43.8 Å². The number of likely N-dealkylation sites (N-methyl/N-ethyl adjacent to an activating group) is 1. The van der Waals surface area contributed by atoms with E-state index in [-0.39, 0.29) is 5.82 Å². The zero-order chi connectivity index (χ0) is 23.2. The molecule has 0 aliphatic carbocycles. The van der Waals surface area contributed by atoms with Crippen molar-refractivity contribution in [3.8, 4) is 5.69 Å². The van der Waals surface area contributed by atoms with Gasteiger partial charge >= 0.3 is 0 Å². The molecule has 6 nitrogen and oxygen atoms in total. The van der Waals surface area contributed by atoms with Crippen molar-refractivity contribution in [2.45, 2.75) is 33.4 Å². The number of nitrogens with zero attached hydrogens (tertiary/aromatic N) is 6. The number of halogens is 1. The largest absolute Gasteiger partial charge is 0.328 e. The predicted octanol–water partition coefficient (Wildman–Crippen LogP) is 4.38. The van der Waals surface area contributed by atoms with E-state index in [1.165, 1.54) is 42.1 Å². The quantitative estimate of drug-likeness (QED) is 0.455. The molecule has 1 aliphatic rings. The van der Waals surface area contributed by atoms with Crippen LogP contribution in [0.4, 0.5) is 4.39 Å². The van der Waals surface area contributed by atoms with Crippen LogP contribution in [0.3, 0.4) is 0 Å². The molecule has 33 heavy (non-hydrogen) atoms. The van der Waals surface area contributed by atoms with Crippen molar-refractivity contribution in [1.82, 2.24) is 29.1 Å². The standard InChI is InChI=1S/C17H26N4.C9H7FN2/c1-4-17-18-15-12-14(6-7-16(15)21(17)5-2)13-20-10-8-19(3)9-11-20;10-8-3-1-4-9(7-8)12-6-2-5-11-12/h6-7,12H,4-5,8-11,13H2,1-3H3;1-7H. The van der Waals surface area contributed by atoms with Gasteiger partial charge in [0.2, 0.25) is 0 Å². The van der Waals surface area contributed by atoms with Gasteiger partial charge in [0.05, 0.1) is 16.7 Å². The van der Waals surface area contributed by atoms with Gasteiger partial charge < -0.3 is 9.47 Å². The molecule has 0 amide bonds. The highest BCUT2D eigenvalue weighted by molar-refractivity contribution is 5.77. The number of piperazine rings is 1. The second-order valence-corrected chi connectivity index (χ2v) is 8.46. The number of hydrogen-bond acceptors (Lipinski definition) is 4. The molecule has 5 rings (SSSR count). The molecule has 1 aliphatic heterocycles. The molecule has 2 aromatic carbocycles. The van der Waals surface area contributed by atoms with Crippen LogP contribution >= 0.6 is 0 Å². The fourth-order valence-corrected chi connectivity index (χ4v) is 4.25. The first-order chi connectivity index (χ1) is 16.1. The first-order valence-electron chi connectivity index (χ1n) is 11.7.